The second-order valence-electron chi connectivity index (χ2n) is 8.12. The predicted molar refractivity (Wildman–Crippen MR) is 136 cm³/mol. The Labute approximate surface area is 202 Å². The molecule has 0 bridgehead atoms. The normalized spacial score (nSPS) is 17.3. The van der Waals surface area contributed by atoms with Crippen LogP contribution in [0.4, 0.5) is 15.9 Å². The van der Waals surface area contributed by atoms with Gasteiger partial charge in [0.05, 0.1) is 11.4 Å². The van der Waals surface area contributed by atoms with E-state index < -0.39 is 7.44 Å². The first-order valence-corrected chi connectivity index (χ1v) is 12.7. The number of nitrogens with zero attached hydrogens (tertiary/aromatic N) is 4. The van der Waals surface area contributed by atoms with E-state index in [1.165, 1.54) is 12.1 Å². The van der Waals surface area contributed by atoms with Crippen molar-refractivity contribution in [1.29, 1.82) is 0 Å². The molecule has 0 fully saturated rings. The molecule has 0 saturated heterocycles. The molecule has 0 amide bonds. The average Bonchev–Trinajstić information content (AvgIpc) is 3.17. The van der Waals surface area contributed by atoms with Crippen LogP contribution in [0.3, 0.4) is 0 Å². The van der Waals surface area contributed by atoms with Crippen LogP contribution in [-0.2, 0) is 4.57 Å². The number of aliphatic imine (C=N–C) groups is 1. The highest BCUT2D eigenvalue weighted by atomic mass is 35.5. The molecule has 1 N–H and O–H groups in total. The molecule has 4 aromatic rings. The quantitative estimate of drug-likeness (QED) is 0.342. The van der Waals surface area contributed by atoms with Crippen molar-refractivity contribution in [3.05, 3.63) is 100 Å². The predicted octanol–water partition coefficient (Wildman–Crippen LogP) is 6.24. The van der Waals surface area contributed by atoms with Crippen molar-refractivity contribution in [1.82, 2.24) is 14.5 Å². The Morgan fingerprint density at radius 3 is 2.38 bits per heavy atom. The maximum Gasteiger partial charge on any atom is 0.296 e. The number of amidine groups is 1. The number of anilines is 1. The number of benzene rings is 3. The first kappa shape index (κ1) is 22.4. The van der Waals surface area contributed by atoms with Gasteiger partial charge >= 0.3 is 0 Å². The van der Waals surface area contributed by atoms with Gasteiger partial charge in [-0.05, 0) is 67.9 Å². The zero-order valence-electron chi connectivity index (χ0n) is 18.8. The summed E-state index contributed by atoms with van der Waals surface area (Å²) >= 11 is 6.35. The molecule has 1 aliphatic heterocycles. The van der Waals surface area contributed by atoms with Crippen molar-refractivity contribution in [3.8, 4) is 5.69 Å². The highest BCUT2D eigenvalue weighted by Gasteiger charge is 2.43. The number of hydrogen-bond acceptors (Lipinski definition) is 3. The number of fused-ring (bicyclic) bond motifs is 1. The number of para-hydroxylation sites is 1. The average molecular weight is 494 g/mol. The first-order valence-electron chi connectivity index (χ1n) is 10.7. The van der Waals surface area contributed by atoms with Gasteiger partial charge in [-0.1, -0.05) is 35.9 Å². The molecule has 2 heterocycles. The van der Waals surface area contributed by atoms with Crippen LogP contribution >= 0.6 is 19.0 Å². The van der Waals surface area contributed by atoms with Crippen molar-refractivity contribution in [2.45, 2.75) is 13.8 Å². The fourth-order valence-corrected chi connectivity index (χ4v) is 6.54. The van der Waals surface area contributed by atoms with Crippen molar-refractivity contribution < 1.29 is 8.96 Å². The third-order valence-corrected chi connectivity index (χ3v) is 8.94. The summed E-state index contributed by atoms with van der Waals surface area (Å²) < 4.78 is 31.8. The summed E-state index contributed by atoms with van der Waals surface area (Å²) in [4.78, 5) is 4.87. The Bertz CT molecular complexity index is 1470. The minimum atomic E-state index is -3.51. The molecule has 9 heteroatoms. The van der Waals surface area contributed by atoms with E-state index in [1.807, 2.05) is 56.3 Å². The van der Waals surface area contributed by atoms with E-state index in [9.17, 15) is 8.96 Å². The number of aryl methyl sites for hydroxylation is 2. The van der Waals surface area contributed by atoms with Gasteiger partial charge in [-0.3, -0.25) is 9.24 Å². The summed E-state index contributed by atoms with van der Waals surface area (Å²) in [7, 11) is -1.79. The standard InChI is InChI=1S/C25H22ClFN5OP/c1-16-9-14-20(15-22(16)26)30-34(33)23-17(2)29-32(21-7-5-4-6-8-21)25(23)28-24(31(34)3)18-10-12-19(27)13-11-18/h4-15H,1-3H3,(H,30,33)/t34-/m0/s1. The Morgan fingerprint density at radius 2 is 1.71 bits per heavy atom. The second-order valence-corrected chi connectivity index (χ2v) is 11.0. The molecule has 1 atom stereocenters. The van der Waals surface area contributed by atoms with Crippen LogP contribution < -0.4 is 10.4 Å². The van der Waals surface area contributed by atoms with Crippen molar-refractivity contribution in [2.75, 3.05) is 12.1 Å². The summed E-state index contributed by atoms with van der Waals surface area (Å²) in [6, 6.07) is 21.0. The molecule has 0 saturated carbocycles. The number of rotatable bonds is 4. The van der Waals surface area contributed by atoms with Crippen LogP contribution in [0, 0.1) is 19.7 Å². The lowest BCUT2D eigenvalue weighted by Crippen LogP contribution is -2.36. The molecule has 6 nitrogen and oxygen atoms in total. The lowest BCUT2D eigenvalue weighted by molar-refractivity contribution is 0.553. The van der Waals surface area contributed by atoms with E-state index in [1.54, 1.807) is 34.6 Å². The second kappa shape index (κ2) is 8.42. The summed E-state index contributed by atoms with van der Waals surface area (Å²) in [5.41, 5.74) is 3.57. The molecule has 0 spiro atoms. The zero-order chi connectivity index (χ0) is 24.0. The molecule has 172 valence electrons. The molecular formula is C25H22ClFN5OP. The van der Waals surface area contributed by atoms with Crippen LogP contribution in [-0.4, -0.2) is 27.3 Å². The van der Waals surface area contributed by atoms with E-state index in [4.69, 9.17) is 21.7 Å². The third-order valence-electron chi connectivity index (χ3n) is 5.80. The lowest BCUT2D eigenvalue weighted by Gasteiger charge is -2.35. The molecule has 34 heavy (non-hydrogen) atoms. The van der Waals surface area contributed by atoms with Crippen LogP contribution in [0.2, 0.25) is 5.02 Å². The number of halogens is 2. The monoisotopic (exact) mass is 493 g/mol. The summed E-state index contributed by atoms with van der Waals surface area (Å²) in [6.45, 7) is 3.73. The van der Waals surface area contributed by atoms with Gasteiger partial charge in [0.15, 0.2) is 5.82 Å². The lowest BCUT2D eigenvalue weighted by atomic mass is 10.2. The van der Waals surface area contributed by atoms with Crippen molar-refractivity contribution in [3.63, 3.8) is 0 Å². The molecule has 0 radical (unpaired) electrons. The van der Waals surface area contributed by atoms with Crippen molar-refractivity contribution in [2.24, 2.45) is 4.99 Å². The van der Waals surface area contributed by atoms with Gasteiger partial charge in [0.1, 0.15) is 17.0 Å². The van der Waals surface area contributed by atoms with Crippen molar-refractivity contribution >= 4 is 41.7 Å². The van der Waals surface area contributed by atoms with E-state index >= 15 is 0 Å². The SMILES string of the molecule is Cc1ccc(N[P@@]2(=O)c3c(C)nn(-c4ccccc4)c3N=C(c3ccc(F)cc3)N2C)cc1Cl. The van der Waals surface area contributed by atoms with Crippen LogP contribution in [0.1, 0.15) is 16.8 Å². The minimum Gasteiger partial charge on any atom is -0.317 e. The molecule has 1 aromatic heterocycles. The molecule has 5 rings (SSSR count). The van der Waals surface area contributed by atoms with E-state index in [-0.39, 0.29) is 5.82 Å². The van der Waals surface area contributed by atoms with Gasteiger partial charge in [0.2, 0.25) is 0 Å². The minimum absolute atomic E-state index is 0.357. The number of hydrogen-bond donors (Lipinski definition) is 1. The summed E-state index contributed by atoms with van der Waals surface area (Å²) in [5.74, 6) is 0.554. The molecule has 3 aromatic carbocycles. The largest absolute Gasteiger partial charge is 0.317 e. The Hall–Kier alpha value is -3.41. The molecule has 1 aliphatic rings. The summed E-state index contributed by atoms with van der Waals surface area (Å²) in [6.07, 6.45) is 0. The first-order chi connectivity index (χ1) is 16.3. The molecule has 0 unspecified atom stereocenters. The Kier molecular flexibility index (Phi) is 5.54. The van der Waals surface area contributed by atoms with E-state index in [0.717, 1.165) is 11.3 Å². The number of nitrogens with one attached hydrogen (secondary N) is 1. The van der Waals surface area contributed by atoms with Crippen LogP contribution in [0.25, 0.3) is 5.69 Å². The van der Waals surface area contributed by atoms with Gasteiger partial charge in [-0.15, -0.1) is 0 Å². The fraction of sp³-hybridized carbons (Fsp3) is 0.120. The smallest absolute Gasteiger partial charge is 0.296 e. The Morgan fingerprint density at radius 1 is 1.00 bits per heavy atom. The fourth-order valence-electron chi connectivity index (χ4n) is 3.99. The van der Waals surface area contributed by atoms with Gasteiger partial charge in [0, 0.05) is 23.3 Å². The summed E-state index contributed by atoms with van der Waals surface area (Å²) in [5, 5.41) is 9.01. The molecule has 0 aliphatic carbocycles. The highest BCUT2D eigenvalue weighted by molar-refractivity contribution is 7.72. The van der Waals surface area contributed by atoms with Gasteiger partial charge in [0.25, 0.3) is 7.44 Å². The maximum atomic E-state index is 14.8. The topological polar surface area (TPSA) is 62.5 Å². The van der Waals surface area contributed by atoms with E-state index in [0.29, 0.717) is 38.9 Å². The van der Waals surface area contributed by atoms with E-state index in [2.05, 4.69) is 5.09 Å². The Balaban J connectivity index is 1.74. The van der Waals surface area contributed by atoms with Gasteiger partial charge in [-0.2, -0.15) is 5.10 Å². The van der Waals surface area contributed by atoms with Crippen LogP contribution in [0.15, 0.2) is 77.8 Å². The number of aromatic nitrogens is 2. The van der Waals surface area contributed by atoms with Gasteiger partial charge < -0.3 is 5.09 Å². The van der Waals surface area contributed by atoms with Gasteiger partial charge in [-0.25, -0.2) is 14.1 Å². The third kappa shape index (κ3) is 3.71. The highest BCUT2D eigenvalue weighted by Crippen LogP contribution is 2.54. The van der Waals surface area contributed by atoms with Crippen LogP contribution in [0.5, 0.6) is 0 Å². The molecular weight excluding hydrogens is 472 g/mol. The zero-order valence-corrected chi connectivity index (χ0v) is 20.5. The maximum absolute atomic E-state index is 14.8.